The third kappa shape index (κ3) is 8.50. The van der Waals surface area contributed by atoms with Crippen LogP contribution in [0.2, 0.25) is 0 Å². The molecule has 0 radical (unpaired) electrons. The fourth-order valence-corrected chi connectivity index (χ4v) is 4.18. The van der Waals surface area contributed by atoms with Crippen molar-refractivity contribution < 1.29 is 27.5 Å². The van der Waals surface area contributed by atoms with Gasteiger partial charge in [-0.1, -0.05) is 27.2 Å². The second-order valence-electron chi connectivity index (χ2n) is 10.1. The Kier molecular flexibility index (Phi) is 11.4. The molecule has 1 heterocycles. The van der Waals surface area contributed by atoms with Gasteiger partial charge in [0.15, 0.2) is 0 Å². The van der Waals surface area contributed by atoms with Crippen LogP contribution < -0.4 is 10.6 Å². The Balaban J connectivity index is 0.000000277. The maximum Gasteiger partial charge on any atom is 0.408 e. The lowest BCUT2D eigenvalue weighted by Gasteiger charge is -2.26. The Hall–Kier alpha value is -3.49. The zero-order chi connectivity index (χ0) is 29.3. The standard InChI is InChI=1S/C18H14F3N.C10H20N2O3.C2H6/c19-12-6-4-11(5-7-12)17-16(10-2-1-3-10)14-8-13(20)9-15(21)18(14)22-17;1-6-7(8(13)11-5)12-9(14)15-10(2,3)4;1-2/h4-10,22H,1-3H2;7H,6H2,1-5H3,(H,11,13)(H,12,14);1-2H3. The minimum atomic E-state index is -0.594. The topological polar surface area (TPSA) is 83.2 Å². The molecule has 0 aliphatic heterocycles. The zero-order valence-electron chi connectivity index (χ0n) is 23.8. The fraction of sp³-hybridized carbons (Fsp3) is 0.467. The van der Waals surface area contributed by atoms with E-state index in [0.717, 1.165) is 42.1 Å². The van der Waals surface area contributed by atoms with Crippen molar-refractivity contribution >= 4 is 22.9 Å². The van der Waals surface area contributed by atoms with Crippen molar-refractivity contribution in [2.24, 2.45) is 0 Å². The van der Waals surface area contributed by atoms with Crippen molar-refractivity contribution in [1.82, 2.24) is 15.6 Å². The van der Waals surface area contributed by atoms with Crippen molar-refractivity contribution in [3.63, 3.8) is 0 Å². The molecule has 1 aliphatic carbocycles. The van der Waals surface area contributed by atoms with Gasteiger partial charge in [-0.05, 0) is 87.4 Å². The molecular weight excluding hydrogens is 507 g/mol. The van der Waals surface area contributed by atoms with E-state index in [1.54, 1.807) is 32.9 Å². The minimum Gasteiger partial charge on any atom is -0.444 e. The van der Waals surface area contributed by atoms with Gasteiger partial charge in [0.25, 0.3) is 0 Å². The van der Waals surface area contributed by atoms with E-state index < -0.39 is 29.4 Å². The van der Waals surface area contributed by atoms with Crippen LogP contribution in [-0.4, -0.2) is 35.7 Å². The molecule has 0 saturated heterocycles. The molecule has 1 unspecified atom stereocenters. The van der Waals surface area contributed by atoms with Crippen molar-refractivity contribution in [3.05, 3.63) is 59.4 Å². The van der Waals surface area contributed by atoms with Gasteiger partial charge in [0, 0.05) is 18.5 Å². The molecule has 1 saturated carbocycles. The van der Waals surface area contributed by atoms with Gasteiger partial charge in [0.2, 0.25) is 5.91 Å². The van der Waals surface area contributed by atoms with Crippen LogP contribution in [0.1, 0.15) is 78.7 Å². The number of carbonyl (C=O) groups is 2. The summed E-state index contributed by atoms with van der Waals surface area (Å²) in [5, 5.41) is 5.57. The van der Waals surface area contributed by atoms with Crippen molar-refractivity contribution in [2.75, 3.05) is 7.05 Å². The number of likely N-dealkylation sites (N-methyl/N-ethyl adjacent to an activating group) is 1. The largest absolute Gasteiger partial charge is 0.444 e. The summed E-state index contributed by atoms with van der Waals surface area (Å²) in [7, 11) is 1.53. The molecule has 3 N–H and O–H groups in total. The van der Waals surface area contributed by atoms with Crippen molar-refractivity contribution in [2.45, 2.75) is 84.8 Å². The first-order valence-electron chi connectivity index (χ1n) is 13.4. The molecule has 2 amide bonds. The van der Waals surface area contributed by atoms with Crippen LogP contribution in [0.4, 0.5) is 18.0 Å². The van der Waals surface area contributed by atoms with Crippen LogP contribution in [0, 0.1) is 17.5 Å². The van der Waals surface area contributed by atoms with E-state index in [0.29, 0.717) is 23.2 Å². The number of alkyl carbamates (subject to hydrolysis) is 1. The normalized spacial score (nSPS) is 13.7. The predicted octanol–water partition coefficient (Wildman–Crippen LogP) is 7.58. The van der Waals surface area contributed by atoms with Gasteiger partial charge in [-0.15, -0.1) is 0 Å². The number of carbonyl (C=O) groups excluding carboxylic acids is 2. The molecule has 0 spiro atoms. The van der Waals surface area contributed by atoms with Gasteiger partial charge >= 0.3 is 6.09 Å². The first-order chi connectivity index (χ1) is 18.4. The van der Waals surface area contributed by atoms with E-state index in [-0.39, 0.29) is 11.7 Å². The van der Waals surface area contributed by atoms with E-state index in [4.69, 9.17) is 4.74 Å². The van der Waals surface area contributed by atoms with Crippen molar-refractivity contribution in [1.29, 1.82) is 0 Å². The van der Waals surface area contributed by atoms with Gasteiger partial charge in [0.1, 0.15) is 29.1 Å². The maximum absolute atomic E-state index is 14.1. The Morgan fingerprint density at radius 1 is 1.05 bits per heavy atom. The molecular formula is C30H40F3N3O3. The zero-order valence-corrected chi connectivity index (χ0v) is 23.8. The summed E-state index contributed by atoms with van der Waals surface area (Å²) in [6, 6.07) is 7.82. The first-order valence-corrected chi connectivity index (χ1v) is 13.4. The van der Waals surface area contributed by atoms with Crippen LogP contribution in [0.5, 0.6) is 0 Å². The lowest BCUT2D eigenvalue weighted by molar-refractivity contribution is -0.122. The molecule has 0 bridgehead atoms. The number of fused-ring (bicyclic) bond motifs is 1. The van der Waals surface area contributed by atoms with E-state index in [1.165, 1.54) is 25.2 Å². The van der Waals surface area contributed by atoms with Gasteiger partial charge < -0.3 is 20.4 Å². The lowest BCUT2D eigenvalue weighted by atomic mass is 9.78. The number of hydrogen-bond acceptors (Lipinski definition) is 3. The van der Waals surface area contributed by atoms with Crippen LogP contribution >= 0.6 is 0 Å². The monoisotopic (exact) mass is 547 g/mol. The second kappa shape index (κ2) is 14.1. The van der Waals surface area contributed by atoms with Crippen LogP contribution in [-0.2, 0) is 9.53 Å². The summed E-state index contributed by atoms with van der Waals surface area (Å²) in [5.41, 5.74) is 2.28. The quantitative estimate of drug-likeness (QED) is 0.308. The summed E-state index contributed by atoms with van der Waals surface area (Å²) >= 11 is 0. The highest BCUT2D eigenvalue weighted by Crippen LogP contribution is 2.45. The Labute approximate surface area is 228 Å². The molecule has 9 heteroatoms. The number of ether oxygens (including phenoxy) is 1. The number of nitrogens with one attached hydrogen (secondary N) is 3. The van der Waals surface area contributed by atoms with Crippen molar-refractivity contribution in [3.8, 4) is 11.3 Å². The first kappa shape index (κ1) is 31.7. The average molecular weight is 548 g/mol. The summed E-state index contributed by atoms with van der Waals surface area (Å²) in [4.78, 5) is 25.7. The Morgan fingerprint density at radius 3 is 2.15 bits per heavy atom. The van der Waals surface area contributed by atoms with E-state index in [1.807, 2.05) is 20.8 Å². The molecule has 4 rings (SSSR count). The number of H-pyrrole nitrogens is 1. The van der Waals surface area contributed by atoms with Gasteiger partial charge in [-0.2, -0.15) is 0 Å². The number of rotatable bonds is 5. The summed E-state index contributed by atoms with van der Waals surface area (Å²) in [6.45, 7) is 11.1. The molecule has 39 heavy (non-hydrogen) atoms. The average Bonchev–Trinajstić information content (AvgIpc) is 3.21. The molecule has 214 valence electrons. The Bertz CT molecular complexity index is 1250. The molecule has 1 aliphatic rings. The smallest absolute Gasteiger partial charge is 0.408 e. The molecule has 6 nitrogen and oxygen atoms in total. The summed E-state index contributed by atoms with van der Waals surface area (Å²) < 4.78 is 45.9. The highest BCUT2D eigenvalue weighted by molar-refractivity contribution is 5.92. The van der Waals surface area contributed by atoms with Crippen LogP contribution in [0.25, 0.3) is 22.2 Å². The molecule has 1 aromatic heterocycles. The van der Waals surface area contributed by atoms with Gasteiger partial charge in [0.05, 0.1) is 11.2 Å². The highest BCUT2D eigenvalue weighted by atomic mass is 19.1. The molecule has 3 aromatic rings. The third-order valence-electron chi connectivity index (χ3n) is 6.17. The number of benzene rings is 2. The lowest BCUT2D eigenvalue weighted by Crippen LogP contribution is -2.46. The third-order valence-corrected chi connectivity index (χ3v) is 6.17. The van der Waals surface area contributed by atoms with Crippen LogP contribution in [0.15, 0.2) is 36.4 Å². The Morgan fingerprint density at radius 2 is 1.67 bits per heavy atom. The fourth-order valence-electron chi connectivity index (χ4n) is 4.18. The van der Waals surface area contributed by atoms with E-state index >= 15 is 0 Å². The highest BCUT2D eigenvalue weighted by Gasteiger charge is 2.28. The number of aromatic amines is 1. The maximum atomic E-state index is 14.1. The molecule has 1 fully saturated rings. The number of aromatic nitrogens is 1. The van der Waals surface area contributed by atoms with E-state index in [9.17, 15) is 22.8 Å². The second-order valence-corrected chi connectivity index (χ2v) is 10.1. The van der Waals surface area contributed by atoms with Crippen LogP contribution in [0.3, 0.4) is 0 Å². The molecule has 1 atom stereocenters. The number of halogens is 3. The van der Waals surface area contributed by atoms with Gasteiger partial charge in [-0.25, -0.2) is 18.0 Å². The molecule has 2 aromatic carbocycles. The number of amides is 2. The predicted molar refractivity (Wildman–Crippen MR) is 149 cm³/mol. The number of hydrogen-bond donors (Lipinski definition) is 3. The summed E-state index contributed by atoms with van der Waals surface area (Å²) in [6.07, 6.45) is 3.10. The van der Waals surface area contributed by atoms with E-state index in [2.05, 4.69) is 15.6 Å². The minimum absolute atomic E-state index is 0.219. The summed E-state index contributed by atoms with van der Waals surface area (Å²) in [5.74, 6) is -1.40. The SMILES string of the molecule is CC.CCC(NC(=O)OC(C)(C)C)C(=O)NC.Fc1ccc(-c2[nH]c3c(F)cc(F)cc3c2C2CCC2)cc1. The van der Waals surface area contributed by atoms with Gasteiger partial charge in [-0.3, -0.25) is 4.79 Å².